The van der Waals surface area contributed by atoms with Crippen LogP contribution in [0.2, 0.25) is 0 Å². The molecule has 1 saturated heterocycles. The Morgan fingerprint density at radius 1 is 1.61 bits per heavy atom. The molecule has 4 heteroatoms. The van der Waals surface area contributed by atoms with Crippen LogP contribution in [0.25, 0.3) is 0 Å². The molecule has 18 heavy (non-hydrogen) atoms. The van der Waals surface area contributed by atoms with Crippen molar-refractivity contribution >= 4 is 17.3 Å². The third-order valence-electron chi connectivity index (χ3n) is 3.68. The van der Waals surface area contributed by atoms with Crippen LogP contribution >= 0.6 is 11.3 Å². The lowest BCUT2D eigenvalue weighted by Gasteiger charge is -2.31. The Morgan fingerprint density at radius 2 is 2.39 bits per heavy atom. The number of carbonyl (C=O) groups is 1. The fraction of sp³-hybridized carbons (Fsp3) is 0.643. The quantitative estimate of drug-likeness (QED) is 0.786. The highest BCUT2D eigenvalue weighted by Crippen LogP contribution is 2.39. The minimum Gasteiger partial charge on any atom is -0.450 e. The Bertz CT molecular complexity index is 403. The van der Waals surface area contributed by atoms with E-state index >= 15 is 0 Å². The van der Waals surface area contributed by atoms with Crippen LogP contribution in [0.4, 0.5) is 0 Å². The van der Waals surface area contributed by atoms with Gasteiger partial charge in [-0.2, -0.15) is 0 Å². The average molecular weight is 268 g/mol. The molecule has 1 fully saturated rings. The summed E-state index contributed by atoms with van der Waals surface area (Å²) < 4.78 is 11.3. The third kappa shape index (κ3) is 2.45. The summed E-state index contributed by atoms with van der Waals surface area (Å²) in [4.78, 5) is 13.4. The van der Waals surface area contributed by atoms with Gasteiger partial charge in [-0.3, -0.25) is 4.79 Å². The maximum absolute atomic E-state index is 12.3. The molecule has 0 radical (unpaired) electrons. The van der Waals surface area contributed by atoms with Crippen LogP contribution in [0.5, 0.6) is 0 Å². The van der Waals surface area contributed by atoms with Gasteiger partial charge in [-0.25, -0.2) is 0 Å². The van der Waals surface area contributed by atoms with Crippen molar-refractivity contribution in [1.82, 2.24) is 0 Å². The van der Waals surface area contributed by atoms with Crippen molar-refractivity contribution in [3.05, 3.63) is 22.4 Å². The highest BCUT2D eigenvalue weighted by molar-refractivity contribution is 7.10. The molecular formula is C14H20O3S. The van der Waals surface area contributed by atoms with Crippen molar-refractivity contribution < 1.29 is 14.3 Å². The lowest BCUT2D eigenvalue weighted by molar-refractivity contribution is -0.171. The van der Waals surface area contributed by atoms with Crippen molar-refractivity contribution in [2.24, 2.45) is 5.41 Å². The van der Waals surface area contributed by atoms with Crippen LogP contribution in [0.3, 0.4) is 0 Å². The standard InChI is InChI=1S/C14H20O3S/c1-4-13(2,3)12(15)17-14(7-8-16-10-14)11-6-5-9-18-11/h5-6,9H,4,7-8,10H2,1-3H3. The van der Waals surface area contributed by atoms with E-state index in [0.717, 1.165) is 17.7 Å². The van der Waals surface area contributed by atoms with Crippen LogP contribution in [0.15, 0.2) is 17.5 Å². The van der Waals surface area contributed by atoms with Crippen molar-refractivity contribution in [3.63, 3.8) is 0 Å². The Balaban J connectivity index is 2.20. The summed E-state index contributed by atoms with van der Waals surface area (Å²) in [5.41, 5.74) is -0.995. The summed E-state index contributed by atoms with van der Waals surface area (Å²) in [5.74, 6) is -0.135. The second kappa shape index (κ2) is 5.02. The summed E-state index contributed by atoms with van der Waals surface area (Å²) in [6, 6.07) is 4.00. The van der Waals surface area contributed by atoms with Crippen LogP contribution in [-0.4, -0.2) is 19.2 Å². The van der Waals surface area contributed by atoms with Crippen LogP contribution in [-0.2, 0) is 19.9 Å². The zero-order chi connectivity index (χ0) is 13.2. The first-order valence-electron chi connectivity index (χ1n) is 6.35. The van der Waals surface area contributed by atoms with Crippen molar-refractivity contribution in [2.45, 2.75) is 39.2 Å². The SMILES string of the molecule is CCC(C)(C)C(=O)OC1(c2cccs2)CCOC1. The second-order valence-electron chi connectivity index (χ2n) is 5.40. The molecule has 2 rings (SSSR count). The largest absolute Gasteiger partial charge is 0.450 e. The monoisotopic (exact) mass is 268 g/mol. The van der Waals surface area contributed by atoms with E-state index in [1.807, 2.05) is 38.3 Å². The van der Waals surface area contributed by atoms with E-state index in [1.54, 1.807) is 11.3 Å². The lowest BCUT2D eigenvalue weighted by Crippen LogP contribution is -2.37. The van der Waals surface area contributed by atoms with Crippen molar-refractivity contribution in [3.8, 4) is 0 Å². The van der Waals surface area contributed by atoms with Gasteiger partial charge in [0.05, 0.1) is 23.5 Å². The smallest absolute Gasteiger partial charge is 0.312 e. The van der Waals surface area contributed by atoms with E-state index in [-0.39, 0.29) is 5.97 Å². The second-order valence-corrected chi connectivity index (χ2v) is 6.35. The maximum Gasteiger partial charge on any atom is 0.312 e. The first kappa shape index (κ1) is 13.6. The lowest BCUT2D eigenvalue weighted by atomic mass is 9.90. The molecule has 1 unspecified atom stereocenters. The predicted molar refractivity (Wildman–Crippen MR) is 71.6 cm³/mol. The van der Waals surface area contributed by atoms with Gasteiger partial charge in [-0.15, -0.1) is 11.3 Å². The number of ether oxygens (including phenoxy) is 2. The number of carbonyl (C=O) groups excluding carboxylic acids is 1. The summed E-state index contributed by atoms with van der Waals surface area (Å²) in [7, 11) is 0. The molecule has 1 aromatic rings. The topological polar surface area (TPSA) is 35.5 Å². The number of hydrogen-bond acceptors (Lipinski definition) is 4. The molecule has 0 saturated carbocycles. The van der Waals surface area contributed by atoms with Gasteiger partial charge in [-0.1, -0.05) is 13.0 Å². The predicted octanol–water partition coefficient (Wildman–Crippen LogP) is 3.34. The van der Waals surface area contributed by atoms with Crippen molar-refractivity contribution in [1.29, 1.82) is 0 Å². The molecule has 1 atom stereocenters. The van der Waals surface area contributed by atoms with Crippen LogP contribution in [0, 0.1) is 5.41 Å². The van der Waals surface area contributed by atoms with E-state index < -0.39 is 11.0 Å². The molecular weight excluding hydrogens is 248 g/mol. The first-order valence-corrected chi connectivity index (χ1v) is 7.23. The zero-order valence-electron chi connectivity index (χ0n) is 11.2. The molecule has 0 aliphatic carbocycles. The normalized spacial score (nSPS) is 24.2. The van der Waals surface area contributed by atoms with Crippen molar-refractivity contribution in [2.75, 3.05) is 13.2 Å². The minimum absolute atomic E-state index is 0.135. The van der Waals surface area contributed by atoms with E-state index in [2.05, 4.69) is 0 Å². The highest BCUT2D eigenvalue weighted by Gasteiger charge is 2.44. The third-order valence-corrected chi connectivity index (χ3v) is 4.74. The van der Waals surface area contributed by atoms with Crippen LogP contribution < -0.4 is 0 Å². The molecule has 0 aromatic carbocycles. The first-order chi connectivity index (χ1) is 8.50. The Morgan fingerprint density at radius 3 is 2.89 bits per heavy atom. The van der Waals surface area contributed by atoms with Gasteiger partial charge < -0.3 is 9.47 Å². The van der Waals surface area contributed by atoms with E-state index in [0.29, 0.717) is 13.2 Å². The molecule has 2 heterocycles. The number of thiophene rings is 1. The summed E-state index contributed by atoms with van der Waals surface area (Å²) in [5, 5.41) is 2.01. The Kier molecular flexibility index (Phi) is 3.78. The average Bonchev–Trinajstić information content (AvgIpc) is 2.99. The van der Waals surface area contributed by atoms with E-state index in [4.69, 9.17) is 9.47 Å². The van der Waals surface area contributed by atoms with E-state index in [9.17, 15) is 4.79 Å². The van der Waals surface area contributed by atoms with Gasteiger partial charge >= 0.3 is 5.97 Å². The van der Waals surface area contributed by atoms with Gasteiger partial charge in [0.1, 0.15) is 0 Å². The summed E-state index contributed by atoms with van der Waals surface area (Å²) >= 11 is 1.62. The number of esters is 1. The molecule has 0 spiro atoms. The van der Waals surface area contributed by atoms with Gasteiger partial charge in [0.15, 0.2) is 5.60 Å². The number of rotatable bonds is 4. The van der Waals surface area contributed by atoms with Gasteiger partial charge in [-0.05, 0) is 31.7 Å². The maximum atomic E-state index is 12.3. The molecule has 100 valence electrons. The molecule has 1 aromatic heterocycles. The number of hydrogen-bond donors (Lipinski definition) is 0. The summed E-state index contributed by atoms with van der Waals surface area (Å²) in [6.07, 6.45) is 1.52. The van der Waals surface area contributed by atoms with Gasteiger partial charge in [0.25, 0.3) is 0 Å². The molecule has 1 aliphatic rings. The zero-order valence-corrected chi connectivity index (χ0v) is 12.0. The molecule has 1 aliphatic heterocycles. The molecule has 3 nitrogen and oxygen atoms in total. The fourth-order valence-electron chi connectivity index (χ4n) is 1.87. The molecule has 0 N–H and O–H groups in total. The molecule has 0 amide bonds. The fourth-order valence-corrected chi connectivity index (χ4v) is 2.75. The van der Waals surface area contributed by atoms with Crippen LogP contribution in [0.1, 0.15) is 38.5 Å². The summed E-state index contributed by atoms with van der Waals surface area (Å²) in [6.45, 7) is 6.97. The highest BCUT2D eigenvalue weighted by atomic mass is 32.1. The van der Waals surface area contributed by atoms with Gasteiger partial charge in [0.2, 0.25) is 0 Å². The minimum atomic E-state index is -0.558. The Hall–Kier alpha value is -0.870. The Labute approximate surface area is 112 Å². The van der Waals surface area contributed by atoms with E-state index in [1.165, 1.54) is 0 Å². The van der Waals surface area contributed by atoms with Gasteiger partial charge in [0, 0.05) is 6.42 Å². The molecule has 0 bridgehead atoms.